The molecule has 0 radical (unpaired) electrons. The number of nitro groups is 1. The van der Waals surface area contributed by atoms with E-state index in [1.54, 1.807) is 37.4 Å². The van der Waals surface area contributed by atoms with Gasteiger partial charge in [-0.15, -0.1) is 0 Å². The van der Waals surface area contributed by atoms with E-state index in [1.165, 1.54) is 12.1 Å². The Kier molecular flexibility index (Phi) is 5.24. The average Bonchev–Trinajstić information content (AvgIpc) is 2.67. The predicted octanol–water partition coefficient (Wildman–Crippen LogP) is 3.95. The van der Waals surface area contributed by atoms with Crippen LogP contribution in [-0.4, -0.2) is 15.8 Å². The van der Waals surface area contributed by atoms with Crippen molar-refractivity contribution >= 4 is 17.3 Å². The molecule has 0 aliphatic carbocycles. The first-order valence-electron chi connectivity index (χ1n) is 8.13. The van der Waals surface area contributed by atoms with E-state index in [0.717, 1.165) is 0 Å². The first-order chi connectivity index (χ1) is 13.0. The van der Waals surface area contributed by atoms with Crippen LogP contribution in [0.4, 0.5) is 11.4 Å². The highest BCUT2D eigenvalue weighted by atomic mass is 16.6. The van der Waals surface area contributed by atoms with Gasteiger partial charge in [0.05, 0.1) is 4.92 Å². The molecule has 1 N–H and O–H groups in total. The van der Waals surface area contributed by atoms with E-state index in [2.05, 4.69) is 22.1 Å². The minimum atomic E-state index is -0.500. The number of nitrogens with zero attached hydrogens (tertiary/aromatic N) is 2. The lowest BCUT2D eigenvalue weighted by Crippen LogP contribution is -2.14. The molecule has 0 spiro atoms. The van der Waals surface area contributed by atoms with Crippen molar-refractivity contribution in [3.05, 3.63) is 99.4 Å². The van der Waals surface area contributed by atoms with Gasteiger partial charge in [-0.2, -0.15) is 0 Å². The zero-order valence-corrected chi connectivity index (χ0v) is 14.5. The summed E-state index contributed by atoms with van der Waals surface area (Å²) in [6.07, 6.45) is 1.67. The van der Waals surface area contributed by atoms with Gasteiger partial charge in [0, 0.05) is 34.6 Å². The Bertz CT molecular complexity index is 1070. The van der Waals surface area contributed by atoms with Crippen LogP contribution < -0.4 is 5.32 Å². The van der Waals surface area contributed by atoms with Crippen LogP contribution in [0.3, 0.4) is 0 Å². The number of nitrogens with one attached hydrogen (secondary N) is 1. The van der Waals surface area contributed by atoms with Gasteiger partial charge in [0.2, 0.25) is 0 Å². The molecule has 0 saturated heterocycles. The molecular formula is C21H15N3O3. The van der Waals surface area contributed by atoms with Crippen molar-refractivity contribution in [3.63, 3.8) is 0 Å². The summed E-state index contributed by atoms with van der Waals surface area (Å²) in [4.78, 5) is 27.2. The summed E-state index contributed by atoms with van der Waals surface area (Å²) in [5, 5.41) is 13.8. The Labute approximate surface area is 156 Å². The van der Waals surface area contributed by atoms with Gasteiger partial charge in [-0.05, 0) is 49.2 Å². The fourth-order valence-electron chi connectivity index (χ4n) is 2.51. The van der Waals surface area contributed by atoms with Crippen molar-refractivity contribution in [2.75, 3.05) is 5.32 Å². The van der Waals surface area contributed by atoms with Crippen LogP contribution in [0.25, 0.3) is 0 Å². The Balaban J connectivity index is 1.81. The molecule has 132 valence electrons. The summed E-state index contributed by atoms with van der Waals surface area (Å²) in [7, 11) is 0. The third-order valence-corrected chi connectivity index (χ3v) is 3.87. The molecule has 0 aliphatic heterocycles. The minimum Gasteiger partial charge on any atom is -0.322 e. The van der Waals surface area contributed by atoms with Gasteiger partial charge in [-0.3, -0.25) is 14.9 Å². The third kappa shape index (κ3) is 4.35. The van der Waals surface area contributed by atoms with Crippen molar-refractivity contribution in [1.29, 1.82) is 0 Å². The number of hydrogen-bond donors (Lipinski definition) is 1. The maximum Gasteiger partial charge on any atom is 0.273 e. The highest BCUT2D eigenvalue weighted by Gasteiger charge is 2.17. The van der Waals surface area contributed by atoms with E-state index >= 15 is 0 Å². The number of pyridine rings is 1. The van der Waals surface area contributed by atoms with Crippen LogP contribution in [-0.2, 0) is 0 Å². The first-order valence-corrected chi connectivity index (χ1v) is 8.13. The molecule has 0 fully saturated rings. The van der Waals surface area contributed by atoms with Gasteiger partial charge in [0.25, 0.3) is 11.6 Å². The quantitative estimate of drug-likeness (QED) is 0.437. The molecule has 0 saturated carbocycles. The van der Waals surface area contributed by atoms with Crippen LogP contribution in [0.5, 0.6) is 0 Å². The number of anilines is 1. The lowest BCUT2D eigenvalue weighted by molar-refractivity contribution is -0.385. The van der Waals surface area contributed by atoms with E-state index in [4.69, 9.17) is 0 Å². The molecule has 2 aromatic carbocycles. The summed E-state index contributed by atoms with van der Waals surface area (Å²) < 4.78 is 0. The van der Waals surface area contributed by atoms with Gasteiger partial charge in [0.15, 0.2) is 0 Å². The van der Waals surface area contributed by atoms with Gasteiger partial charge < -0.3 is 5.32 Å². The zero-order chi connectivity index (χ0) is 19.2. The van der Waals surface area contributed by atoms with E-state index in [9.17, 15) is 14.9 Å². The smallest absolute Gasteiger partial charge is 0.273 e. The third-order valence-electron chi connectivity index (χ3n) is 3.87. The van der Waals surface area contributed by atoms with Gasteiger partial charge >= 0.3 is 0 Å². The molecule has 6 nitrogen and oxygen atoms in total. The zero-order valence-electron chi connectivity index (χ0n) is 14.5. The average molecular weight is 357 g/mol. The summed E-state index contributed by atoms with van der Waals surface area (Å²) in [5.74, 6) is 5.54. The summed E-state index contributed by atoms with van der Waals surface area (Å²) in [5.41, 5.74) is 2.42. The van der Waals surface area contributed by atoms with Gasteiger partial charge in [-0.25, -0.2) is 4.98 Å². The molecule has 6 heteroatoms. The van der Waals surface area contributed by atoms with Crippen LogP contribution in [0.15, 0.2) is 66.9 Å². The summed E-state index contributed by atoms with van der Waals surface area (Å²) >= 11 is 0. The lowest BCUT2D eigenvalue weighted by Gasteiger charge is -2.08. The molecule has 0 bridgehead atoms. The number of nitro benzene ring substituents is 1. The number of benzene rings is 2. The fraction of sp³-hybridized carbons (Fsp3) is 0.0476. The van der Waals surface area contributed by atoms with Crippen molar-refractivity contribution in [2.24, 2.45) is 0 Å². The van der Waals surface area contributed by atoms with Crippen molar-refractivity contribution in [3.8, 4) is 11.8 Å². The molecule has 0 atom stereocenters. The second-order valence-corrected chi connectivity index (χ2v) is 5.71. The Morgan fingerprint density at radius 1 is 1.07 bits per heavy atom. The molecule has 3 rings (SSSR count). The van der Waals surface area contributed by atoms with E-state index in [-0.39, 0.29) is 11.3 Å². The predicted molar refractivity (Wildman–Crippen MR) is 102 cm³/mol. The standard InChI is InChI=1S/C21H15N3O3/c1-15-19(9-5-10-20(15)24(26)27)21(25)23-18-8-4-6-16(14-18)11-12-17-7-2-3-13-22-17/h2-10,13-14H,1H3,(H,23,25). The lowest BCUT2D eigenvalue weighted by atomic mass is 10.1. The molecular weight excluding hydrogens is 342 g/mol. The molecule has 1 amide bonds. The molecule has 1 aromatic heterocycles. The molecule has 0 aliphatic rings. The number of rotatable bonds is 3. The van der Waals surface area contributed by atoms with Crippen LogP contribution in [0.2, 0.25) is 0 Å². The van der Waals surface area contributed by atoms with Crippen LogP contribution >= 0.6 is 0 Å². The number of hydrogen-bond acceptors (Lipinski definition) is 4. The molecule has 27 heavy (non-hydrogen) atoms. The molecule has 3 aromatic rings. The first kappa shape index (κ1) is 17.8. The monoisotopic (exact) mass is 357 g/mol. The van der Waals surface area contributed by atoms with Crippen molar-refractivity contribution in [2.45, 2.75) is 6.92 Å². The van der Waals surface area contributed by atoms with E-state index < -0.39 is 10.8 Å². The van der Waals surface area contributed by atoms with E-state index in [1.807, 2.05) is 24.3 Å². The van der Waals surface area contributed by atoms with Gasteiger partial charge in [0.1, 0.15) is 5.69 Å². The summed E-state index contributed by atoms with van der Waals surface area (Å²) in [6, 6.07) is 17.0. The fourth-order valence-corrected chi connectivity index (χ4v) is 2.51. The maximum atomic E-state index is 12.5. The topological polar surface area (TPSA) is 85.1 Å². The van der Waals surface area contributed by atoms with Crippen molar-refractivity contribution < 1.29 is 9.72 Å². The highest BCUT2D eigenvalue weighted by molar-refractivity contribution is 6.05. The Morgan fingerprint density at radius 2 is 1.89 bits per heavy atom. The Hall–Kier alpha value is -3.98. The number of carbonyl (C=O) groups excluding carboxylic acids is 1. The Morgan fingerprint density at radius 3 is 2.63 bits per heavy atom. The maximum absolute atomic E-state index is 12.5. The minimum absolute atomic E-state index is 0.0855. The highest BCUT2D eigenvalue weighted by Crippen LogP contribution is 2.22. The van der Waals surface area contributed by atoms with Crippen molar-refractivity contribution in [1.82, 2.24) is 4.98 Å². The molecule has 1 heterocycles. The molecule has 0 unspecified atom stereocenters. The number of aromatic nitrogens is 1. The number of amides is 1. The second-order valence-electron chi connectivity index (χ2n) is 5.71. The van der Waals surface area contributed by atoms with Crippen LogP contribution in [0, 0.1) is 28.9 Å². The van der Waals surface area contributed by atoms with E-state index in [0.29, 0.717) is 22.5 Å². The van der Waals surface area contributed by atoms with Crippen LogP contribution in [0.1, 0.15) is 27.2 Å². The summed E-state index contributed by atoms with van der Waals surface area (Å²) in [6.45, 7) is 1.56. The number of carbonyl (C=O) groups is 1. The SMILES string of the molecule is Cc1c(C(=O)Nc2cccc(C#Cc3ccccn3)c2)cccc1[N+](=O)[O-]. The largest absolute Gasteiger partial charge is 0.322 e. The van der Waals surface area contributed by atoms with Gasteiger partial charge in [-0.1, -0.05) is 24.1 Å². The second kappa shape index (κ2) is 7.93. The normalized spacial score (nSPS) is 9.81.